The van der Waals surface area contributed by atoms with Gasteiger partial charge >= 0.3 is 0 Å². The normalized spacial score (nSPS) is 12.4. The van der Waals surface area contributed by atoms with E-state index in [4.69, 9.17) is 5.73 Å². The van der Waals surface area contributed by atoms with Crippen molar-refractivity contribution in [2.24, 2.45) is 0 Å². The average molecular weight is 366 g/mol. The molecule has 0 fully saturated rings. The molecule has 2 heterocycles. The molecule has 0 saturated heterocycles. The van der Waals surface area contributed by atoms with Crippen molar-refractivity contribution in [1.82, 2.24) is 20.1 Å². The number of fused-ring (bicyclic) bond motifs is 1. The fourth-order valence-electron chi connectivity index (χ4n) is 1.95. The summed E-state index contributed by atoms with van der Waals surface area (Å²) < 4.78 is 1.84. The Morgan fingerprint density at radius 1 is 1.35 bits per heavy atom. The van der Waals surface area contributed by atoms with E-state index in [2.05, 4.69) is 15.2 Å². The van der Waals surface area contributed by atoms with E-state index in [0.29, 0.717) is 15.2 Å². The summed E-state index contributed by atoms with van der Waals surface area (Å²) in [5, 5.41) is 8.99. The number of nitrogens with zero attached hydrogens (tertiary/aromatic N) is 4. The molecular formula is C14H15N5OS3. The molecule has 2 aromatic heterocycles. The summed E-state index contributed by atoms with van der Waals surface area (Å²) in [5.74, 6) is 0.330. The van der Waals surface area contributed by atoms with Crippen LogP contribution in [0.15, 0.2) is 28.6 Å². The summed E-state index contributed by atoms with van der Waals surface area (Å²) >= 11 is 4.26. The fraction of sp³-hybridized carbons (Fsp3) is 0.286. The monoisotopic (exact) mass is 365 g/mol. The van der Waals surface area contributed by atoms with Crippen molar-refractivity contribution in [3.05, 3.63) is 29.3 Å². The van der Waals surface area contributed by atoms with Gasteiger partial charge in [-0.05, 0) is 19.1 Å². The number of nitrogens with two attached hydrogens (primary N) is 1. The van der Waals surface area contributed by atoms with Gasteiger partial charge in [-0.3, -0.25) is 4.79 Å². The molecule has 0 radical (unpaired) electrons. The highest BCUT2D eigenvalue weighted by molar-refractivity contribution is 8.01. The van der Waals surface area contributed by atoms with E-state index in [1.54, 1.807) is 23.3 Å². The molecule has 1 amide bonds. The van der Waals surface area contributed by atoms with Gasteiger partial charge in [-0.2, -0.15) is 0 Å². The van der Waals surface area contributed by atoms with E-state index in [1.165, 1.54) is 23.1 Å². The second-order valence-corrected chi connectivity index (χ2v) is 8.19. The zero-order chi connectivity index (χ0) is 16.4. The summed E-state index contributed by atoms with van der Waals surface area (Å²) in [5.41, 5.74) is 6.51. The summed E-state index contributed by atoms with van der Waals surface area (Å²) in [4.78, 5) is 18.7. The van der Waals surface area contributed by atoms with Gasteiger partial charge < -0.3 is 10.6 Å². The van der Waals surface area contributed by atoms with Gasteiger partial charge in [-0.15, -0.1) is 21.5 Å². The maximum Gasteiger partial charge on any atom is 0.233 e. The number of thiazole rings is 1. The maximum atomic E-state index is 12.4. The van der Waals surface area contributed by atoms with Crippen molar-refractivity contribution >= 4 is 55.7 Å². The average Bonchev–Trinajstić information content (AvgIpc) is 3.16. The number of aromatic nitrogens is 3. The zero-order valence-corrected chi connectivity index (χ0v) is 15.0. The van der Waals surface area contributed by atoms with Crippen LogP contribution in [0.3, 0.4) is 0 Å². The molecule has 3 rings (SSSR count). The van der Waals surface area contributed by atoms with Gasteiger partial charge in [0.2, 0.25) is 11.0 Å². The van der Waals surface area contributed by atoms with Crippen LogP contribution in [0.5, 0.6) is 0 Å². The summed E-state index contributed by atoms with van der Waals surface area (Å²) in [6.45, 7) is 1.99. The van der Waals surface area contributed by atoms with Crippen LogP contribution in [0.1, 0.15) is 18.0 Å². The zero-order valence-electron chi connectivity index (χ0n) is 12.6. The van der Waals surface area contributed by atoms with Crippen LogP contribution in [-0.2, 0) is 4.79 Å². The van der Waals surface area contributed by atoms with Gasteiger partial charge in [-0.1, -0.05) is 35.2 Å². The van der Waals surface area contributed by atoms with Crippen LogP contribution >= 0.6 is 34.4 Å². The van der Waals surface area contributed by atoms with Crippen molar-refractivity contribution < 1.29 is 4.79 Å². The van der Waals surface area contributed by atoms with Crippen LogP contribution < -0.4 is 5.73 Å². The van der Waals surface area contributed by atoms with Crippen molar-refractivity contribution in [1.29, 1.82) is 0 Å². The second kappa shape index (κ2) is 6.81. The Morgan fingerprint density at radius 3 is 2.83 bits per heavy atom. The highest BCUT2D eigenvalue weighted by atomic mass is 32.2. The molecule has 2 N–H and O–H groups in total. The minimum absolute atomic E-state index is 0.0236. The van der Waals surface area contributed by atoms with E-state index >= 15 is 0 Å². The SMILES string of the molecule is C[C@@H](c1nc2ccccc2s1)N(C)C(=O)CSc1nnc(N)s1. The number of rotatable bonds is 5. The number of anilines is 1. The molecule has 1 atom stereocenters. The Hall–Kier alpha value is -1.71. The first kappa shape index (κ1) is 16.2. The van der Waals surface area contributed by atoms with Gasteiger partial charge in [0.25, 0.3) is 0 Å². The van der Waals surface area contributed by atoms with Gasteiger partial charge in [0, 0.05) is 7.05 Å². The Labute approximate surface area is 145 Å². The third-order valence-corrected chi connectivity index (χ3v) is 6.46. The van der Waals surface area contributed by atoms with E-state index in [-0.39, 0.29) is 11.9 Å². The molecule has 3 aromatic rings. The van der Waals surface area contributed by atoms with Gasteiger partial charge in [-0.25, -0.2) is 4.98 Å². The number of benzene rings is 1. The lowest BCUT2D eigenvalue weighted by atomic mass is 10.3. The van der Waals surface area contributed by atoms with E-state index < -0.39 is 0 Å². The predicted octanol–water partition coefficient (Wildman–Crippen LogP) is 3.04. The molecule has 0 aliphatic carbocycles. The number of hydrogen-bond acceptors (Lipinski definition) is 8. The van der Waals surface area contributed by atoms with E-state index in [0.717, 1.165) is 15.2 Å². The van der Waals surface area contributed by atoms with Crippen LogP contribution in [0.25, 0.3) is 10.2 Å². The third-order valence-electron chi connectivity index (χ3n) is 3.38. The molecule has 0 bridgehead atoms. The Kier molecular flexibility index (Phi) is 4.79. The molecule has 23 heavy (non-hydrogen) atoms. The van der Waals surface area contributed by atoms with Crippen molar-refractivity contribution in [2.75, 3.05) is 18.5 Å². The van der Waals surface area contributed by atoms with E-state index in [1.807, 2.05) is 31.2 Å². The summed E-state index contributed by atoms with van der Waals surface area (Å²) in [7, 11) is 1.80. The molecule has 0 saturated carbocycles. The van der Waals surface area contributed by atoms with Crippen LogP contribution in [0, 0.1) is 0 Å². The highest BCUT2D eigenvalue weighted by Crippen LogP contribution is 2.30. The quantitative estimate of drug-likeness (QED) is 0.700. The lowest BCUT2D eigenvalue weighted by molar-refractivity contribution is -0.128. The number of carbonyl (C=O) groups excluding carboxylic acids is 1. The highest BCUT2D eigenvalue weighted by Gasteiger charge is 2.21. The lowest BCUT2D eigenvalue weighted by Gasteiger charge is -2.22. The number of nitrogen functional groups attached to an aromatic ring is 1. The first-order valence-corrected chi connectivity index (χ1v) is 9.49. The van der Waals surface area contributed by atoms with Gasteiger partial charge in [0.1, 0.15) is 5.01 Å². The minimum atomic E-state index is -0.0695. The third kappa shape index (κ3) is 3.62. The number of para-hydroxylation sites is 1. The number of amides is 1. The number of carbonyl (C=O) groups is 1. The minimum Gasteiger partial charge on any atom is -0.374 e. The lowest BCUT2D eigenvalue weighted by Crippen LogP contribution is -2.31. The number of hydrogen-bond donors (Lipinski definition) is 1. The first-order chi connectivity index (χ1) is 11.0. The van der Waals surface area contributed by atoms with Crippen LogP contribution in [0.2, 0.25) is 0 Å². The molecule has 0 aliphatic rings. The molecule has 120 valence electrons. The van der Waals surface area contributed by atoms with Crippen LogP contribution in [-0.4, -0.2) is 38.8 Å². The molecule has 0 unspecified atom stereocenters. The Bertz CT molecular complexity index is 798. The molecule has 6 nitrogen and oxygen atoms in total. The first-order valence-electron chi connectivity index (χ1n) is 6.87. The molecular weight excluding hydrogens is 350 g/mol. The van der Waals surface area contributed by atoms with Gasteiger partial charge in [0.15, 0.2) is 4.34 Å². The fourth-order valence-corrected chi connectivity index (χ4v) is 4.58. The van der Waals surface area contributed by atoms with Crippen LogP contribution in [0.4, 0.5) is 5.13 Å². The summed E-state index contributed by atoms with van der Waals surface area (Å²) in [6, 6.07) is 7.92. The maximum absolute atomic E-state index is 12.4. The Morgan fingerprint density at radius 2 is 2.13 bits per heavy atom. The second-order valence-electron chi connectivity index (χ2n) is 4.90. The standard InChI is InChI=1S/C14H15N5OS3/c1-8(12-16-9-5-3-4-6-10(9)22-12)19(2)11(20)7-21-14-18-17-13(15)23-14/h3-6,8H,7H2,1-2H3,(H2,15,17)/t8-/m0/s1. The molecule has 0 aliphatic heterocycles. The van der Waals surface area contributed by atoms with Crippen molar-refractivity contribution in [3.8, 4) is 0 Å². The molecule has 0 spiro atoms. The molecule has 9 heteroatoms. The van der Waals surface area contributed by atoms with Crippen molar-refractivity contribution in [2.45, 2.75) is 17.3 Å². The van der Waals surface area contributed by atoms with Crippen molar-refractivity contribution in [3.63, 3.8) is 0 Å². The Balaban J connectivity index is 1.65. The topological polar surface area (TPSA) is 85.0 Å². The van der Waals surface area contributed by atoms with E-state index in [9.17, 15) is 4.79 Å². The smallest absolute Gasteiger partial charge is 0.233 e. The summed E-state index contributed by atoms with van der Waals surface area (Å²) in [6.07, 6.45) is 0. The number of thioether (sulfide) groups is 1. The molecule has 1 aromatic carbocycles. The van der Waals surface area contributed by atoms with Gasteiger partial charge in [0.05, 0.1) is 22.0 Å². The largest absolute Gasteiger partial charge is 0.374 e. The predicted molar refractivity (Wildman–Crippen MR) is 95.9 cm³/mol.